The van der Waals surface area contributed by atoms with Crippen molar-refractivity contribution in [3.63, 3.8) is 0 Å². The maximum absolute atomic E-state index is 11.4. The SMILES string of the molecule is CC(=O)CC(C)(C)[Si](C)(C)c1ccccc1. The molecule has 0 aliphatic carbocycles. The lowest BCUT2D eigenvalue weighted by atomic mass is 10.1. The summed E-state index contributed by atoms with van der Waals surface area (Å²) >= 11 is 0. The summed E-state index contributed by atoms with van der Waals surface area (Å²) in [5.41, 5.74) is 0. The molecule has 0 spiro atoms. The molecule has 0 fully saturated rings. The van der Waals surface area contributed by atoms with E-state index in [0.717, 1.165) is 0 Å². The molecule has 0 atom stereocenters. The first kappa shape index (κ1) is 13.2. The van der Waals surface area contributed by atoms with Crippen LogP contribution in [0, 0.1) is 0 Å². The van der Waals surface area contributed by atoms with Crippen LogP contribution in [0.2, 0.25) is 18.1 Å². The van der Waals surface area contributed by atoms with Crippen molar-refractivity contribution in [1.82, 2.24) is 0 Å². The molecule has 0 saturated carbocycles. The number of Topliss-reactive ketones (excluding diaryl/α,β-unsaturated/α-hetero) is 1. The molecule has 88 valence electrons. The molecule has 0 heterocycles. The van der Waals surface area contributed by atoms with Gasteiger partial charge in [-0.15, -0.1) is 0 Å². The standard InChI is InChI=1S/C14H22OSi/c1-12(15)11-14(2,3)16(4,5)13-9-7-6-8-10-13/h6-10H,11H2,1-5H3. The van der Waals surface area contributed by atoms with Crippen LogP contribution in [0.3, 0.4) is 0 Å². The van der Waals surface area contributed by atoms with Crippen LogP contribution in [0.5, 0.6) is 0 Å². The fourth-order valence-corrected chi connectivity index (χ4v) is 4.59. The monoisotopic (exact) mass is 234 g/mol. The predicted octanol–water partition coefficient (Wildman–Crippen LogP) is 3.36. The highest BCUT2D eigenvalue weighted by atomic mass is 28.3. The first-order valence-electron chi connectivity index (χ1n) is 5.82. The lowest BCUT2D eigenvalue weighted by Gasteiger charge is -2.40. The molecule has 0 aromatic heterocycles. The molecule has 0 amide bonds. The zero-order valence-corrected chi connectivity index (χ0v) is 12.0. The summed E-state index contributed by atoms with van der Waals surface area (Å²) in [6, 6.07) is 10.6. The molecule has 0 aliphatic heterocycles. The summed E-state index contributed by atoms with van der Waals surface area (Å²) in [4.78, 5) is 11.4. The summed E-state index contributed by atoms with van der Waals surface area (Å²) in [5, 5.41) is 1.54. The van der Waals surface area contributed by atoms with Crippen molar-refractivity contribution in [3.05, 3.63) is 30.3 Å². The zero-order valence-electron chi connectivity index (χ0n) is 11.0. The van der Waals surface area contributed by atoms with Crippen LogP contribution in [0.15, 0.2) is 30.3 Å². The average Bonchev–Trinajstić information content (AvgIpc) is 2.17. The third-order valence-corrected chi connectivity index (χ3v) is 9.22. The first-order chi connectivity index (χ1) is 7.27. The van der Waals surface area contributed by atoms with Gasteiger partial charge >= 0.3 is 0 Å². The van der Waals surface area contributed by atoms with E-state index in [1.165, 1.54) is 5.19 Å². The number of hydrogen-bond acceptors (Lipinski definition) is 1. The molecule has 1 aromatic rings. The minimum absolute atomic E-state index is 0.111. The maximum Gasteiger partial charge on any atom is 0.130 e. The second-order valence-electron chi connectivity index (χ2n) is 5.75. The number of hydrogen-bond donors (Lipinski definition) is 0. The fourth-order valence-electron chi connectivity index (χ4n) is 2.09. The van der Waals surface area contributed by atoms with Crippen LogP contribution in [-0.2, 0) is 4.79 Å². The molecular weight excluding hydrogens is 212 g/mol. The van der Waals surface area contributed by atoms with Crippen LogP contribution in [-0.4, -0.2) is 13.9 Å². The molecule has 1 nitrogen and oxygen atoms in total. The lowest BCUT2D eigenvalue weighted by Crippen LogP contribution is -2.51. The molecule has 0 radical (unpaired) electrons. The van der Waals surface area contributed by atoms with E-state index in [1.807, 2.05) is 6.07 Å². The van der Waals surface area contributed by atoms with Gasteiger partial charge in [0.25, 0.3) is 0 Å². The number of benzene rings is 1. The molecule has 0 saturated heterocycles. The topological polar surface area (TPSA) is 17.1 Å². The van der Waals surface area contributed by atoms with Gasteiger partial charge in [-0.1, -0.05) is 62.5 Å². The Kier molecular flexibility index (Phi) is 3.74. The Labute approximate surface area is 99.9 Å². The van der Waals surface area contributed by atoms with E-state index < -0.39 is 8.07 Å². The minimum atomic E-state index is -1.59. The normalized spacial score (nSPS) is 12.6. The van der Waals surface area contributed by atoms with E-state index in [4.69, 9.17) is 0 Å². The smallest absolute Gasteiger partial charge is 0.130 e. The van der Waals surface area contributed by atoms with Gasteiger partial charge in [0.1, 0.15) is 5.78 Å². The van der Waals surface area contributed by atoms with E-state index in [-0.39, 0.29) is 5.04 Å². The molecule has 0 aliphatic rings. The molecule has 0 unspecified atom stereocenters. The van der Waals surface area contributed by atoms with Crippen LogP contribution in [0.1, 0.15) is 27.2 Å². The van der Waals surface area contributed by atoms with Crippen LogP contribution in [0.4, 0.5) is 0 Å². The van der Waals surface area contributed by atoms with Crippen molar-refractivity contribution in [2.45, 2.75) is 45.3 Å². The van der Waals surface area contributed by atoms with Gasteiger partial charge in [-0.2, -0.15) is 0 Å². The molecule has 16 heavy (non-hydrogen) atoms. The summed E-state index contributed by atoms with van der Waals surface area (Å²) in [5.74, 6) is 0.293. The van der Waals surface area contributed by atoms with Gasteiger partial charge in [0.2, 0.25) is 0 Å². The van der Waals surface area contributed by atoms with Crippen LogP contribution < -0.4 is 5.19 Å². The average molecular weight is 234 g/mol. The quantitative estimate of drug-likeness (QED) is 0.730. The van der Waals surface area contributed by atoms with Crippen molar-refractivity contribution in [2.75, 3.05) is 0 Å². The van der Waals surface area contributed by atoms with Gasteiger partial charge in [0, 0.05) is 6.42 Å². The fraction of sp³-hybridized carbons (Fsp3) is 0.500. The van der Waals surface area contributed by atoms with Crippen molar-refractivity contribution in [3.8, 4) is 0 Å². The van der Waals surface area contributed by atoms with Gasteiger partial charge in [0.15, 0.2) is 0 Å². The molecule has 0 N–H and O–H groups in total. The summed E-state index contributed by atoms with van der Waals surface area (Å²) in [6.45, 7) is 10.9. The van der Waals surface area contributed by atoms with Crippen molar-refractivity contribution >= 4 is 19.0 Å². The van der Waals surface area contributed by atoms with Crippen molar-refractivity contribution in [2.24, 2.45) is 0 Å². The molecule has 2 heteroatoms. The largest absolute Gasteiger partial charge is 0.300 e. The number of carbonyl (C=O) groups is 1. The zero-order chi connectivity index (χ0) is 12.4. The van der Waals surface area contributed by atoms with E-state index >= 15 is 0 Å². The van der Waals surface area contributed by atoms with Crippen molar-refractivity contribution < 1.29 is 4.79 Å². The van der Waals surface area contributed by atoms with E-state index in [1.54, 1.807) is 6.92 Å². The number of ketones is 1. The van der Waals surface area contributed by atoms with E-state index in [0.29, 0.717) is 12.2 Å². The third-order valence-electron chi connectivity index (χ3n) is 3.88. The van der Waals surface area contributed by atoms with E-state index in [2.05, 4.69) is 51.2 Å². The summed E-state index contributed by atoms with van der Waals surface area (Å²) in [7, 11) is -1.59. The first-order valence-corrected chi connectivity index (χ1v) is 8.82. The third kappa shape index (κ3) is 2.61. The Bertz CT molecular complexity index is 366. The highest BCUT2D eigenvalue weighted by molar-refractivity contribution is 6.92. The molecule has 1 aromatic carbocycles. The van der Waals surface area contributed by atoms with Gasteiger partial charge in [-0.3, -0.25) is 0 Å². The predicted molar refractivity (Wildman–Crippen MR) is 72.9 cm³/mol. The molecular formula is C14H22OSi. The molecule has 0 bridgehead atoms. The highest BCUT2D eigenvalue weighted by Crippen LogP contribution is 2.40. The molecule has 1 rings (SSSR count). The number of carbonyl (C=O) groups excluding carboxylic acids is 1. The number of rotatable bonds is 4. The van der Waals surface area contributed by atoms with Crippen LogP contribution >= 0.6 is 0 Å². The van der Waals surface area contributed by atoms with E-state index in [9.17, 15) is 4.79 Å². The Morgan fingerprint density at radius 3 is 2.12 bits per heavy atom. The van der Waals surface area contributed by atoms with Crippen molar-refractivity contribution in [1.29, 1.82) is 0 Å². The Hall–Kier alpha value is -0.893. The van der Waals surface area contributed by atoms with Gasteiger partial charge in [0.05, 0.1) is 8.07 Å². The van der Waals surface area contributed by atoms with Gasteiger partial charge in [-0.05, 0) is 12.0 Å². The Balaban J connectivity index is 3.05. The highest BCUT2D eigenvalue weighted by Gasteiger charge is 2.40. The Morgan fingerprint density at radius 1 is 1.19 bits per heavy atom. The van der Waals surface area contributed by atoms with Gasteiger partial charge in [-0.25, -0.2) is 0 Å². The second-order valence-corrected chi connectivity index (χ2v) is 10.9. The lowest BCUT2D eigenvalue weighted by molar-refractivity contribution is -0.117. The summed E-state index contributed by atoms with van der Waals surface area (Å²) < 4.78 is 0. The summed E-state index contributed by atoms with van der Waals surface area (Å²) in [6.07, 6.45) is 0.682. The minimum Gasteiger partial charge on any atom is -0.300 e. The Morgan fingerprint density at radius 2 is 1.69 bits per heavy atom. The maximum atomic E-state index is 11.4. The second kappa shape index (κ2) is 4.54. The van der Waals surface area contributed by atoms with Crippen LogP contribution in [0.25, 0.3) is 0 Å². The van der Waals surface area contributed by atoms with Gasteiger partial charge < -0.3 is 4.79 Å².